The molecule has 0 amide bonds. The summed E-state index contributed by atoms with van der Waals surface area (Å²) in [5, 5.41) is 1.58. The molecule has 2 N–H and O–H groups in total. The Morgan fingerprint density at radius 1 is 0.902 bits per heavy atom. The Kier molecular flexibility index (Phi) is 10.8. The first-order chi connectivity index (χ1) is 24.6. The molecule has 3 aliphatic rings. The van der Waals surface area contributed by atoms with Crippen LogP contribution < -0.4 is 11.2 Å². The molecule has 5 atom stereocenters. The van der Waals surface area contributed by atoms with Crippen LogP contribution in [0.15, 0.2) is 107 Å². The van der Waals surface area contributed by atoms with Crippen molar-refractivity contribution in [2.45, 2.75) is 69.0 Å². The Morgan fingerprint density at radius 2 is 1.47 bits per heavy atom. The standard InChI is InChI=1S/C38H45ClN5O6P/c1-28-25-43(37(46)40-36(28)45)35-27-42(38(29-13-5-2-6-14-29,30-15-7-3-8-16-30)31-17-9-4-10-18-31)26-34(49-35)24-33-23-32(41-20-11-12-21-41)19-22-44(33)50-51(39,47)48/h2-10,13-18,25,32-35H,11-12,19-24,26-27H2,1H3,(H,47,48)(H,40,45,46)/t32?,33?,34-,35+/m0/s1. The van der Waals surface area contributed by atoms with Gasteiger partial charge in [-0.3, -0.25) is 19.2 Å². The summed E-state index contributed by atoms with van der Waals surface area (Å²) in [5.41, 5.74) is 1.74. The van der Waals surface area contributed by atoms with Crippen LogP contribution in [0.25, 0.3) is 0 Å². The van der Waals surface area contributed by atoms with Gasteiger partial charge < -0.3 is 14.5 Å². The number of hydrogen-bond acceptors (Lipinski definition) is 8. The summed E-state index contributed by atoms with van der Waals surface area (Å²) < 4.78 is 26.3. The fourth-order valence-electron chi connectivity index (χ4n) is 8.46. The van der Waals surface area contributed by atoms with Crippen molar-refractivity contribution in [3.63, 3.8) is 0 Å². The molecule has 0 saturated carbocycles. The first kappa shape index (κ1) is 36.0. The van der Waals surface area contributed by atoms with E-state index in [0.29, 0.717) is 44.1 Å². The molecule has 7 rings (SSSR count). The van der Waals surface area contributed by atoms with Gasteiger partial charge in [-0.05, 0) is 68.8 Å². The van der Waals surface area contributed by atoms with Crippen molar-refractivity contribution in [2.24, 2.45) is 0 Å². The fourth-order valence-corrected chi connectivity index (χ4v) is 9.17. The van der Waals surface area contributed by atoms with E-state index in [4.69, 9.17) is 20.6 Å². The molecular formula is C38H45ClN5O6P. The minimum Gasteiger partial charge on any atom is -0.352 e. The van der Waals surface area contributed by atoms with E-state index in [9.17, 15) is 19.0 Å². The lowest BCUT2D eigenvalue weighted by Gasteiger charge is -2.51. The normalized spacial score (nSPS) is 25.1. The minimum absolute atomic E-state index is 0.289. The topological polar surface area (TPSA) is 120 Å². The fraction of sp³-hybridized carbons (Fsp3) is 0.421. The molecule has 270 valence electrons. The second kappa shape index (κ2) is 15.3. The predicted octanol–water partition coefficient (Wildman–Crippen LogP) is 5.63. The quantitative estimate of drug-likeness (QED) is 0.158. The van der Waals surface area contributed by atoms with Crippen molar-refractivity contribution in [2.75, 3.05) is 32.7 Å². The number of aromatic nitrogens is 2. The Bertz CT molecular complexity index is 1840. The van der Waals surface area contributed by atoms with Crippen LogP contribution in [-0.4, -0.2) is 80.2 Å². The van der Waals surface area contributed by atoms with Gasteiger partial charge in [0.1, 0.15) is 0 Å². The van der Waals surface area contributed by atoms with E-state index in [1.54, 1.807) is 18.2 Å². The van der Waals surface area contributed by atoms with Crippen LogP contribution in [-0.2, 0) is 19.5 Å². The molecule has 3 aromatic carbocycles. The van der Waals surface area contributed by atoms with Crippen LogP contribution in [0.4, 0.5) is 0 Å². The minimum atomic E-state index is -4.35. The summed E-state index contributed by atoms with van der Waals surface area (Å²) in [4.78, 5) is 43.4. The number of hydrogen-bond donors (Lipinski definition) is 2. The third kappa shape index (κ3) is 7.72. The molecule has 3 fully saturated rings. The number of hydroxylamine groups is 2. The number of likely N-dealkylation sites (tertiary alicyclic amines) is 1. The van der Waals surface area contributed by atoms with Crippen molar-refractivity contribution >= 4 is 18.2 Å². The highest BCUT2D eigenvalue weighted by atomic mass is 35.7. The first-order valence-corrected chi connectivity index (χ1v) is 20.2. The monoisotopic (exact) mass is 733 g/mol. The molecule has 1 aromatic heterocycles. The molecule has 4 aromatic rings. The van der Waals surface area contributed by atoms with E-state index >= 15 is 0 Å². The van der Waals surface area contributed by atoms with Crippen molar-refractivity contribution < 1.29 is 18.8 Å². The number of rotatable bonds is 10. The first-order valence-electron chi connectivity index (χ1n) is 17.7. The number of piperidine rings is 1. The lowest BCUT2D eigenvalue weighted by molar-refractivity contribution is -0.173. The van der Waals surface area contributed by atoms with E-state index in [1.807, 2.05) is 54.6 Å². The largest absolute Gasteiger partial charge is 0.438 e. The molecule has 3 saturated heterocycles. The highest BCUT2D eigenvalue weighted by Gasteiger charge is 2.48. The average Bonchev–Trinajstić information content (AvgIpc) is 3.67. The van der Waals surface area contributed by atoms with Crippen LogP contribution in [0.2, 0.25) is 0 Å². The molecule has 0 radical (unpaired) electrons. The van der Waals surface area contributed by atoms with Gasteiger partial charge in [-0.25, -0.2) is 14.0 Å². The van der Waals surface area contributed by atoms with Gasteiger partial charge in [0, 0.05) is 54.7 Å². The van der Waals surface area contributed by atoms with Crippen LogP contribution in [0.3, 0.4) is 0 Å². The molecule has 13 heteroatoms. The zero-order valence-electron chi connectivity index (χ0n) is 28.7. The lowest BCUT2D eigenvalue weighted by atomic mass is 9.75. The number of nitrogens with zero attached hydrogens (tertiary/aromatic N) is 4. The SMILES string of the molecule is Cc1cn([C@H]2CN(C(c3ccccc3)(c3ccccc3)c3ccccc3)C[C@H](CC3CC(N4CCCC4)CCN3OP(=O)(O)Cl)O2)c(=O)[nH]c1=O. The van der Waals surface area contributed by atoms with Crippen LogP contribution in [0, 0.1) is 6.92 Å². The summed E-state index contributed by atoms with van der Waals surface area (Å²) in [7, 11) is 0. The lowest BCUT2D eigenvalue weighted by Crippen LogP contribution is -2.59. The number of benzene rings is 3. The molecule has 0 aliphatic carbocycles. The summed E-state index contributed by atoms with van der Waals surface area (Å²) >= 11 is 5.80. The smallest absolute Gasteiger partial charge is 0.352 e. The van der Waals surface area contributed by atoms with Gasteiger partial charge in [-0.1, -0.05) is 91.0 Å². The summed E-state index contributed by atoms with van der Waals surface area (Å²) in [6.45, 7) is 0.607. The van der Waals surface area contributed by atoms with Gasteiger partial charge in [0.05, 0.1) is 11.6 Å². The van der Waals surface area contributed by atoms with Crippen LogP contribution in [0.1, 0.15) is 60.6 Å². The van der Waals surface area contributed by atoms with Crippen molar-refractivity contribution in [3.05, 3.63) is 140 Å². The van der Waals surface area contributed by atoms with E-state index < -0.39 is 36.1 Å². The molecule has 11 nitrogen and oxygen atoms in total. The van der Waals surface area contributed by atoms with Crippen LogP contribution >= 0.6 is 18.2 Å². The van der Waals surface area contributed by atoms with Crippen molar-refractivity contribution in [1.29, 1.82) is 0 Å². The number of nitrogens with one attached hydrogen (secondary N) is 1. The van der Waals surface area contributed by atoms with E-state index in [-0.39, 0.29) is 6.04 Å². The van der Waals surface area contributed by atoms with Gasteiger partial charge in [-0.15, -0.1) is 0 Å². The number of aromatic amines is 1. The number of ether oxygens (including phenoxy) is 1. The average molecular weight is 734 g/mol. The highest BCUT2D eigenvalue weighted by Crippen LogP contribution is 2.50. The van der Waals surface area contributed by atoms with Crippen molar-refractivity contribution in [3.8, 4) is 0 Å². The molecule has 51 heavy (non-hydrogen) atoms. The third-order valence-corrected chi connectivity index (χ3v) is 11.3. The maximum absolute atomic E-state index is 13.5. The number of H-pyrrole nitrogens is 1. The Morgan fingerprint density at radius 3 is 2.02 bits per heavy atom. The second-order valence-corrected chi connectivity index (χ2v) is 16.2. The van der Waals surface area contributed by atoms with E-state index in [1.165, 1.54) is 4.57 Å². The predicted molar refractivity (Wildman–Crippen MR) is 196 cm³/mol. The molecular weight excluding hydrogens is 689 g/mol. The van der Waals surface area contributed by atoms with Gasteiger partial charge in [0.25, 0.3) is 5.56 Å². The number of morpholine rings is 1. The molecule has 4 heterocycles. The number of aryl methyl sites for hydroxylation is 1. The maximum Gasteiger partial charge on any atom is 0.438 e. The Hall–Kier alpha value is -3.38. The third-order valence-electron chi connectivity index (χ3n) is 10.7. The molecule has 0 spiro atoms. The van der Waals surface area contributed by atoms with Gasteiger partial charge in [0.2, 0.25) is 0 Å². The Balaban J connectivity index is 1.35. The zero-order valence-corrected chi connectivity index (χ0v) is 30.4. The van der Waals surface area contributed by atoms with Gasteiger partial charge in [0.15, 0.2) is 6.23 Å². The molecule has 3 aliphatic heterocycles. The van der Waals surface area contributed by atoms with E-state index in [2.05, 4.69) is 51.2 Å². The van der Waals surface area contributed by atoms with Crippen LogP contribution in [0.5, 0.6) is 0 Å². The summed E-state index contributed by atoms with van der Waals surface area (Å²) in [6, 6.07) is 31.0. The number of halogens is 1. The molecule has 0 bridgehead atoms. The van der Waals surface area contributed by atoms with Gasteiger partial charge >= 0.3 is 12.6 Å². The second-order valence-electron chi connectivity index (χ2n) is 13.9. The van der Waals surface area contributed by atoms with E-state index in [0.717, 1.165) is 49.0 Å². The summed E-state index contributed by atoms with van der Waals surface area (Å²) in [6.07, 6.45) is 4.60. The molecule has 3 unspecified atom stereocenters. The highest BCUT2D eigenvalue weighted by molar-refractivity contribution is 7.80. The summed E-state index contributed by atoms with van der Waals surface area (Å²) in [5.74, 6) is 0. The van der Waals surface area contributed by atoms with Crippen molar-refractivity contribution in [1.82, 2.24) is 24.4 Å². The van der Waals surface area contributed by atoms with Gasteiger partial charge in [-0.2, -0.15) is 5.06 Å². The Labute approximate surface area is 302 Å². The zero-order chi connectivity index (χ0) is 35.6. The maximum atomic E-state index is 13.5.